The fourth-order valence-electron chi connectivity index (χ4n) is 2.15. The maximum Gasteiger partial charge on any atom is 0.361 e. The minimum atomic E-state index is -0.975. The number of esters is 1. The topological polar surface area (TPSA) is 101 Å². The first-order chi connectivity index (χ1) is 11.9. The van der Waals surface area contributed by atoms with E-state index in [4.69, 9.17) is 10.00 Å². The average Bonchev–Trinajstić information content (AvgIpc) is 3.01. The zero-order valence-corrected chi connectivity index (χ0v) is 14.3. The lowest BCUT2D eigenvalue weighted by Gasteiger charge is -2.20. The molecule has 2 aromatic rings. The van der Waals surface area contributed by atoms with Crippen LogP contribution in [-0.2, 0) is 9.53 Å². The van der Waals surface area contributed by atoms with Crippen LogP contribution in [0.25, 0.3) is 5.69 Å². The number of carbonyl (C=O) groups excluding carboxylic acids is 2. The number of nitrogens with zero attached hydrogens (tertiary/aromatic N) is 5. The van der Waals surface area contributed by atoms with Crippen LogP contribution >= 0.6 is 0 Å². The molecule has 8 heteroatoms. The summed E-state index contributed by atoms with van der Waals surface area (Å²) >= 11 is 0. The third-order valence-corrected chi connectivity index (χ3v) is 3.53. The predicted molar refractivity (Wildman–Crippen MR) is 88.8 cm³/mol. The quantitative estimate of drug-likeness (QED) is 0.738. The number of amides is 1. The highest BCUT2D eigenvalue weighted by atomic mass is 16.5. The van der Waals surface area contributed by atoms with Crippen molar-refractivity contribution in [1.29, 1.82) is 5.26 Å². The molecule has 0 N–H and O–H groups in total. The van der Waals surface area contributed by atoms with E-state index < -0.39 is 12.1 Å². The summed E-state index contributed by atoms with van der Waals surface area (Å²) in [6.07, 6.45) is -0.759. The van der Waals surface area contributed by atoms with Crippen molar-refractivity contribution < 1.29 is 14.3 Å². The molecule has 0 aliphatic carbocycles. The Morgan fingerprint density at radius 1 is 1.32 bits per heavy atom. The van der Waals surface area contributed by atoms with Crippen LogP contribution < -0.4 is 0 Å². The Hall–Kier alpha value is -3.21. The van der Waals surface area contributed by atoms with E-state index in [0.29, 0.717) is 11.4 Å². The lowest BCUT2D eigenvalue weighted by molar-refractivity contribution is -0.138. The highest BCUT2D eigenvalue weighted by Gasteiger charge is 2.25. The molecule has 0 radical (unpaired) electrons. The number of hydrogen-bond acceptors (Lipinski definition) is 6. The maximum atomic E-state index is 12.3. The standard InChI is InChI=1S/C17H19N5O3/c1-12-15(20-22(19-12)14-8-5-4-6-9-14)17(24)25-13(2)16(23)21(3)11-7-10-18/h4-6,8-9,13H,7,11H2,1-3H3/t13-/m1/s1. The molecule has 8 nitrogen and oxygen atoms in total. The zero-order valence-electron chi connectivity index (χ0n) is 14.3. The second kappa shape index (κ2) is 8.06. The summed E-state index contributed by atoms with van der Waals surface area (Å²) < 4.78 is 5.20. The van der Waals surface area contributed by atoms with Gasteiger partial charge in [0.15, 0.2) is 11.8 Å². The molecular weight excluding hydrogens is 322 g/mol. The summed E-state index contributed by atoms with van der Waals surface area (Å²) in [4.78, 5) is 27.1. The highest BCUT2D eigenvalue weighted by molar-refractivity contribution is 5.91. The molecule has 0 bridgehead atoms. The summed E-state index contributed by atoms with van der Waals surface area (Å²) in [6.45, 7) is 3.41. The van der Waals surface area contributed by atoms with Crippen molar-refractivity contribution >= 4 is 11.9 Å². The van der Waals surface area contributed by atoms with Gasteiger partial charge in [0.2, 0.25) is 0 Å². The molecule has 0 unspecified atom stereocenters. The van der Waals surface area contributed by atoms with E-state index in [1.165, 1.54) is 16.6 Å². The molecule has 1 amide bonds. The van der Waals surface area contributed by atoms with Crippen LogP contribution in [0.15, 0.2) is 30.3 Å². The number of carbonyl (C=O) groups is 2. The van der Waals surface area contributed by atoms with Crippen molar-refractivity contribution in [2.24, 2.45) is 0 Å². The Morgan fingerprint density at radius 3 is 2.64 bits per heavy atom. The Balaban J connectivity index is 2.07. The molecule has 1 heterocycles. The molecular formula is C17H19N5O3. The van der Waals surface area contributed by atoms with Gasteiger partial charge in [-0.1, -0.05) is 18.2 Å². The normalized spacial score (nSPS) is 11.4. The van der Waals surface area contributed by atoms with E-state index in [1.54, 1.807) is 14.0 Å². The molecule has 0 aliphatic rings. The second-order valence-electron chi connectivity index (χ2n) is 5.47. The maximum absolute atomic E-state index is 12.3. The van der Waals surface area contributed by atoms with Gasteiger partial charge in [0, 0.05) is 13.6 Å². The van der Waals surface area contributed by atoms with Crippen LogP contribution in [0.4, 0.5) is 0 Å². The molecule has 0 aliphatic heterocycles. The average molecular weight is 341 g/mol. The molecule has 0 spiro atoms. The van der Waals surface area contributed by atoms with Crippen LogP contribution in [0.3, 0.4) is 0 Å². The molecule has 1 atom stereocenters. The monoisotopic (exact) mass is 341 g/mol. The SMILES string of the molecule is Cc1nn(-c2ccccc2)nc1C(=O)O[C@H](C)C(=O)N(C)CCC#N. The van der Waals surface area contributed by atoms with Crippen molar-refractivity contribution in [2.75, 3.05) is 13.6 Å². The summed E-state index contributed by atoms with van der Waals surface area (Å²) in [6, 6.07) is 11.1. The summed E-state index contributed by atoms with van der Waals surface area (Å²) in [5, 5.41) is 16.9. The summed E-state index contributed by atoms with van der Waals surface area (Å²) in [7, 11) is 1.56. The summed E-state index contributed by atoms with van der Waals surface area (Å²) in [5.74, 6) is -1.09. The Labute approximate surface area is 145 Å². The zero-order chi connectivity index (χ0) is 18.4. The lowest BCUT2D eigenvalue weighted by Crippen LogP contribution is -2.38. The molecule has 0 fully saturated rings. The van der Waals surface area contributed by atoms with E-state index >= 15 is 0 Å². The second-order valence-corrected chi connectivity index (χ2v) is 5.47. The molecule has 1 aromatic carbocycles. The first kappa shape index (κ1) is 18.1. The van der Waals surface area contributed by atoms with Crippen LogP contribution in [0, 0.1) is 18.3 Å². The smallest absolute Gasteiger partial charge is 0.361 e. The van der Waals surface area contributed by atoms with Gasteiger partial charge in [-0.3, -0.25) is 4.79 Å². The first-order valence-electron chi connectivity index (χ1n) is 7.76. The van der Waals surface area contributed by atoms with Gasteiger partial charge in [-0.05, 0) is 26.0 Å². The van der Waals surface area contributed by atoms with Gasteiger partial charge in [0.05, 0.1) is 23.9 Å². The lowest BCUT2D eigenvalue weighted by atomic mass is 10.3. The van der Waals surface area contributed by atoms with E-state index in [2.05, 4.69) is 10.2 Å². The Morgan fingerprint density at radius 2 is 2.00 bits per heavy atom. The van der Waals surface area contributed by atoms with Crippen LogP contribution in [-0.4, -0.2) is 51.5 Å². The third kappa shape index (κ3) is 4.41. The van der Waals surface area contributed by atoms with Gasteiger partial charge >= 0.3 is 5.97 Å². The number of benzene rings is 1. The number of likely N-dealkylation sites (N-methyl/N-ethyl adjacent to an activating group) is 1. The van der Waals surface area contributed by atoms with Crippen molar-refractivity contribution in [2.45, 2.75) is 26.4 Å². The van der Waals surface area contributed by atoms with Crippen LogP contribution in [0.2, 0.25) is 0 Å². The number of hydrogen-bond donors (Lipinski definition) is 0. The van der Waals surface area contributed by atoms with Crippen molar-refractivity contribution in [3.8, 4) is 11.8 Å². The fourth-order valence-corrected chi connectivity index (χ4v) is 2.15. The van der Waals surface area contributed by atoms with E-state index in [0.717, 1.165) is 0 Å². The van der Waals surface area contributed by atoms with Crippen molar-refractivity contribution in [1.82, 2.24) is 19.9 Å². The number of para-hydroxylation sites is 1. The van der Waals surface area contributed by atoms with Crippen LogP contribution in [0.1, 0.15) is 29.5 Å². The molecule has 1 aromatic heterocycles. The van der Waals surface area contributed by atoms with Crippen LogP contribution in [0.5, 0.6) is 0 Å². The first-order valence-corrected chi connectivity index (χ1v) is 7.76. The van der Waals surface area contributed by atoms with Gasteiger partial charge in [0.25, 0.3) is 5.91 Å². The van der Waals surface area contributed by atoms with Gasteiger partial charge < -0.3 is 9.64 Å². The van der Waals surface area contributed by atoms with Gasteiger partial charge in [-0.2, -0.15) is 15.2 Å². The number of rotatable bonds is 6. The molecule has 130 valence electrons. The van der Waals surface area contributed by atoms with Gasteiger partial charge in [0.1, 0.15) is 0 Å². The number of aryl methyl sites for hydroxylation is 1. The van der Waals surface area contributed by atoms with Crippen molar-refractivity contribution in [3.63, 3.8) is 0 Å². The van der Waals surface area contributed by atoms with E-state index in [9.17, 15) is 9.59 Å². The van der Waals surface area contributed by atoms with E-state index in [-0.39, 0.29) is 24.6 Å². The molecule has 25 heavy (non-hydrogen) atoms. The van der Waals surface area contributed by atoms with Crippen molar-refractivity contribution in [3.05, 3.63) is 41.7 Å². The Bertz CT molecular complexity index is 794. The molecule has 2 rings (SSSR count). The molecule has 0 saturated carbocycles. The minimum absolute atomic E-state index is 0.0585. The predicted octanol–water partition coefficient (Wildman–Crippen LogP) is 1.49. The fraction of sp³-hybridized carbons (Fsp3) is 0.353. The van der Waals surface area contributed by atoms with E-state index in [1.807, 2.05) is 36.4 Å². The number of aromatic nitrogens is 3. The largest absolute Gasteiger partial charge is 0.448 e. The third-order valence-electron chi connectivity index (χ3n) is 3.53. The van der Waals surface area contributed by atoms with Gasteiger partial charge in [-0.15, -0.1) is 5.10 Å². The highest BCUT2D eigenvalue weighted by Crippen LogP contribution is 2.11. The Kier molecular flexibility index (Phi) is 5.84. The van der Waals surface area contributed by atoms with Gasteiger partial charge in [-0.25, -0.2) is 4.79 Å². The number of nitriles is 1. The summed E-state index contributed by atoms with van der Waals surface area (Å²) in [5.41, 5.74) is 1.18. The molecule has 0 saturated heterocycles. The minimum Gasteiger partial charge on any atom is -0.448 e. The number of ether oxygens (including phenoxy) is 1.